The second-order valence-corrected chi connectivity index (χ2v) is 7.16. The van der Waals surface area contributed by atoms with Gasteiger partial charge in [-0.25, -0.2) is 4.39 Å². The molecule has 0 aromatic heterocycles. The molecule has 2 aromatic rings. The zero-order valence-electron chi connectivity index (χ0n) is 14.8. The molecule has 27 heavy (non-hydrogen) atoms. The van der Waals surface area contributed by atoms with Crippen LogP contribution in [0.4, 0.5) is 10.1 Å². The van der Waals surface area contributed by atoms with Crippen molar-refractivity contribution in [3.63, 3.8) is 0 Å². The highest BCUT2D eigenvalue weighted by Gasteiger charge is 2.43. The highest BCUT2D eigenvalue weighted by atomic mass is 19.1. The molecule has 4 rings (SSSR count). The Bertz CT molecular complexity index is 858. The van der Waals surface area contributed by atoms with Crippen LogP contribution in [0.3, 0.4) is 0 Å². The summed E-state index contributed by atoms with van der Waals surface area (Å²) in [4.78, 5) is 28.6. The number of amides is 2. The first-order chi connectivity index (χ1) is 13.0. The Morgan fingerprint density at radius 3 is 2.48 bits per heavy atom. The Morgan fingerprint density at radius 1 is 1.04 bits per heavy atom. The first-order valence-electron chi connectivity index (χ1n) is 9.13. The summed E-state index contributed by atoms with van der Waals surface area (Å²) in [6.45, 7) is 0.412. The maximum absolute atomic E-state index is 14.1. The van der Waals surface area contributed by atoms with Crippen molar-refractivity contribution in [1.29, 1.82) is 0 Å². The number of nitrogens with zero attached hydrogens (tertiary/aromatic N) is 2. The third-order valence-electron chi connectivity index (χ3n) is 5.36. The van der Waals surface area contributed by atoms with E-state index in [1.54, 1.807) is 23.1 Å². The first kappa shape index (κ1) is 17.7. The number of carbonyl (C=O) groups excluding carboxylic acids is 2. The van der Waals surface area contributed by atoms with E-state index < -0.39 is 17.8 Å². The number of likely N-dealkylation sites (tertiary alicyclic amines) is 1. The van der Waals surface area contributed by atoms with Crippen molar-refractivity contribution in [1.82, 2.24) is 4.90 Å². The molecule has 2 aromatic carbocycles. The molecule has 2 fully saturated rings. The number of para-hydroxylation sites is 1. The topological polar surface area (TPSA) is 60.9 Å². The zero-order chi connectivity index (χ0) is 19.0. The van der Waals surface area contributed by atoms with Gasteiger partial charge < -0.3 is 14.9 Å². The summed E-state index contributed by atoms with van der Waals surface area (Å²) in [6.07, 6.45) is -0.0479. The van der Waals surface area contributed by atoms with E-state index in [1.807, 2.05) is 30.3 Å². The molecule has 3 atom stereocenters. The molecule has 1 N–H and O–H groups in total. The molecule has 2 saturated heterocycles. The number of β-amino-alcohol motifs (C(OH)–C–C–N with tert-alkyl or cyclic N) is 1. The average Bonchev–Trinajstić information content (AvgIpc) is 3.25. The van der Waals surface area contributed by atoms with Crippen LogP contribution in [-0.4, -0.2) is 41.0 Å². The van der Waals surface area contributed by atoms with Gasteiger partial charge >= 0.3 is 0 Å². The van der Waals surface area contributed by atoms with E-state index in [0.717, 1.165) is 5.56 Å². The van der Waals surface area contributed by atoms with Crippen molar-refractivity contribution < 1.29 is 19.1 Å². The predicted octanol–water partition coefficient (Wildman–Crippen LogP) is 2.51. The summed E-state index contributed by atoms with van der Waals surface area (Å²) in [5.74, 6) is -1.42. The molecule has 3 unspecified atom stereocenters. The van der Waals surface area contributed by atoms with Crippen LogP contribution < -0.4 is 4.90 Å². The second kappa shape index (κ2) is 7.12. The van der Waals surface area contributed by atoms with E-state index in [4.69, 9.17) is 0 Å². The fourth-order valence-corrected chi connectivity index (χ4v) is 4.06. The van der Waals surface area contributed by atoms with E-state index in [0.29, 0.717) is 6.42 Å². The highest BCUT2D eigenvalue weighted by Crippen LogP contribution is 2.35. The average molecular weight is 368 g/mol. The summed E-state index contributed by atoms with van der Waals surface area (Å²) in [5.41, 5.74) is 1.18. The van der Waals surface area contributed by atoms with Crippen LogP contribution in [0.2, 0.25) is 0 Å². The predicted molar refractivity (Wildman–Crippen MR) is 98.4 cm³/mol. The van der Waals surface area contributed by atoms with Gasteiger partial charge in [0, 0.05) is 19.5 Å². The molecule has 0 radical (unpaired) electrons. The van der Waals surface area contributed by atoms with Gasteiger partial charge in [-0.15, -0.1) is 0 Å². The second-order valence-electron chi connectivity index (χ2n) is 7.16. The Morgan fingerprint density at radius 2 is 1.74 bits per heavy atom. The van der Waals surface area contributed by atoms with Gasteiger partial charge in [0.25, 0.3) is 0 Å². The lowest BCUT2D eigenvalue weighted by Gasteiger charge is -2.27. The smallest absolute Gasteiger partial charge is 0.228 e. The SMILES string of the molecule is O=C1CC(C(=O)N2CC(O)CC2c2ccccc2)CN1c1ccccc1F. The lowest BCUT2D eigenvalue weighted by molar-refractivity contribution is -0.137. The van der Waals surface area contributed by atoms with E-state index in [9.17, 15) is 19.1 Å². The number of rotatable bonds is 3. The van der Waals surface area contributed by atoms with E-state index in [1.165, 1.54) is 11.0 Å². The fourth-order valence-electron chi connectivity index (χ4n) is 4.06. The molecule has 0 bridgehead atoms. The van der Waals surface area contributed by atoms with Crippen LogP contribution in [0.5, 0.6) is 0 Å². The van der Waals surface area contributed by atoms with Gasteiger partial charge in [0.05, 0.1) is 23.8 Å². The maximum Gasteiger partial charge on any atom is 0.228 e. The molecule has 140 valence electrons. The number of hydrogen-bond donors (Lipinski definition) is 1. The van der Waals surface area contributed by atoms with Crippen LogP contribution >= 0.6 is 0 Å². The van der Waals surface area contributed by atoms with Crippen molar-refractivity contribution in [2.24, 2.45) is 5.92 Å². The minimum Gasteiger partial charge on any atom is -0.391 e. The van der Waals surface area contributed by atoms with Gasteiger partial charge in [-0.3, -0.25) is 9.59 Å². The largest absolute Gasteiger partial charge is 0.391 e. The molecule has 2 aliphatic heterocycles. The van der Waals surface area contributed by atoms with E-state index in [-0.39, 0.29) is 43.1 Å². The van der Waals surface area contributed by atoms with Gasteiger partial charge in [0.2, 0.25) is 11.8 Å². The maximum atomic E-state index is 14.1. The standard InChI is InChI=1S/C21H21FN2O3/c22-17-8-4-5-9-18(17)23-12-15(10-20(23)26)21(27)24-13-16(25)11-19(24)14-6-2-1-3-7-14/h1-9,15-16,19,25H,10-13H2. The minimum absolute atomic E-state index is 0.0568. The molecule has 5 nitrogen and oxygen atoms in total. The third kappa shape index (κ3) is 3.32. The Hall–Kier alpha value is -2.73. The Kier molecular flexibility index (Phi) is 4.66. The van der Waals surface area contributed by atoms with Gasteiger partial charge in [0.15, 0.2) is 0 Å². The van der Waals surface area contributed by atoms with E-state index in [2.05, 4.69) is 0 Å². The summed E-state index contributed by atoms with van der Waals surface area (Å²) in [6, 6.07) is 15.5. The zero-order valence-corrected chi connectivity index (χ0v) is 14.8. The van der Waals surface area contributed by atoms with Gasteiger partial charge in [-0.1, -0.05) is 42.5 Å². The van der Waals surface area contributed by atoms with Crippen molar-refractivity contribution >= 4 is 17.5 Å². The normalized spacial score (nSPS) is 25.3. The monoisotopic (exact) mass is 368 g/mol. The van der Waals surface area contributed by atoms with Crippen molar-refractivity contribution in [3.8, 4) is 0 Å². The van der Waals surface area contributed by atoms with Crippen LogP contribution in [0, 0.1) is 11.7 Å². The van der Waals surface area contributed by atoms with Gasteiger partial charge in [-0.2, -0.15) is 0 Å². The minimum atomic E-state index is -0.584. The Labute approximate surface area is 157 Å². The summed E-state index contributed by atoms with van der Waals surface area (Å²) in [7, 11) is 0. The first-order valence-corrected chi connectivity index (χ1v) is 9.13. The van der Waals surface area contributed by atoms with Crippen molar-refractivity contribution in [3.05, 3.63) is 66.0 Å². The van der Waals surface area contributed by atoms with Crippen molar-refractivity contribution in [2.45, 2.75) is 25.0 Å². The molecule has 2 amide bonds. The third-order valence-corrected chi connectivity index (χ3v) is 5.36. The number of anilines is 1. The number of aliphatic hydroxyl groups is 1. The molecule has 0 aliphatic carbocycles. The molecule has 0 spiro atoms. The molecular weight excluding hydrogens is 347 g/mol. The lowest BCUT2D eigenvalue weighted by atomic mass is 10.0. The van der Waals surface area contributed by atoms with Crippen LogP contribution in [0.1, 0.15) is 24.4 Å². The van der Waals surface area contributed by atoms with Crippen LogP contribution in [0.15, 0.2) is 54.6 Å². The summed E-state index contributed by atoms with van der Waals surface area (Å²) in [5, 5.41) is 10.1. The highest BCUT2D eigenvalue weighted by molar-refractivity contribution is 6.00. The number of benzene rings is 2. The van der Waals surface area contributed by atoms with Gasteiger partial charge in [0.1, 0.15) is 5.82 Å². The molecule has 2 aliphatic rings. The lowest BCUT2D eigenvalue weighted by Crippen LogP contribution is -2.38. The van der Waals surface area contributed by atoms with Crippen molar-refractivity contribution in [2.75, 3.05) is 18.0 Å². The molecule has 6 heteroatoms. The summed E-state index contributed by atoms with van der Waals surface area (Å²) >= 11 is 0. The van der Waals surface area contributed by atoms with Crippen LogP contribution in [-0.2, 0) is 9.59 Å². The molecular formula is C21H21FN2O3. The van der Waals surface area contributed by atoms with Crippen LogP contribution in [0.25, 0.3) is 0 Å². The number of carbonyl (C=O) groups is 2. The fraction of sp³-hybridized carbons (Fsp3) is 0.333. The Balaban J connectivity index is 1.54. The van der Waals surface area contributed by atoms with E-state index >= 15 is 0 Å². The number of hydrogen-bond acceptors (Lipinski definition) is 3. The number of halogens is 1. The van der Waals surface area contributed by atoms with Gasteiger partial charge in [-0.05, 0) is 24.1 Å². The molecule has 0 saturated carbocycles. The number of aliphatic hydroxyl groups excluding tert-OH is 1. The quantitative estimate of drug-likeness (QED) is 0.906. The molecule has 2 heterocycles. The summed E-state index contributed by atoms with van der Waals surface area (Å²) < 4.78 is 14.1.